The van der Waals surface area contributed by atoms with Crippen LogP contribution in [0, 0.1) is 0 Å². The van der Waals surface area contributed by atoms with Crippen molar-refractivity contribution < 1.29 is 13.2 Å². The van der Waals surface area contributed by atoms with Gasteiger partial charge in [0.1, 0.15) is 5.82 Å². The van der Waals surface area contributed by atoms with E-state index < -0.39 is 11.7 Å². The van der Waals surface area contributed by atoms with Crippen LogP contribution in [0.15, 0.2) is 12.3 Å². The standard InChI is InChI=1S/C11H13ClF3N3S/c1-2-18(4-3-9(16)19)10-8(12)5-7(6-17-10)11(13,14)15/h5-6H,2-4H2,1H3,(H2,16,19). The summed E-state index contributed by atoms with van der Waals surface area (Å²) in [5.74, 6) is 0.299. The maximum absolute atomic E-state index is 12.5. The predicted octanol–water partition coefficient (Wildman–Crippen LogP) is 3.26. The van der Waals surface area contributed by atoms with Gasteiger partial charge in [0.25, 0.3) is 0 Å². The van der Waals surface area contributed by atoms with Crippen molar-refractivity contribution in [3.05, 3.63) is 22.8 Å². The molecule has 8 heteroatoms. The highest BCUT2D eigenvalue weighted by molar-refractivity contribution is 7.80. The molecule has 1 aromatic heterocycles. The molecule has 0 bridgehead atoms. The van der Waals surface area contributed by atoms with E-state index in [9.17, 15) is 13.2 Å². The molecule has 0 radical (unpaired) electrons. The molecule has 0 aliphatic rings. The van der Waals surface area contributed by atoms with Gasteiger partial charge in [0.2, 0.25) is 0 Å². The largest absolute Gasteiger partial charge is 0.417 e. The summed E-state index contributed by atoms with van der Waals surface area (Å²) in [6.07, 6.45) is -3.24. The monoisotopic (exact) mass is 311 g/mol. The third kappa shape index (κ3) is 4.50. The highest BCUT2D eigenvalue weighted by Gasteiger charge is 2.31. The number of hydrogen-bond donors (Lipinski definition) is 1. The summed E-state index contributed by atoms with van der Waals surface area (Å²) in [6.45, 7) is 2.85. The summed E-state index contributed by atoms with van der Waals surface area (Å²) < 4.78 is 37.5. The maximum atomic E-state index is 12.5. The molecule has 0 atom stereocenters. The number of hydrogen-bond acceptors (Lipinski definition) is 3. The Morgan fingerprint density at radius 1 is 1.53 bits per heavy atom. The molecular formula is C11H13ClF3N3S. The second-order valence-electron chi connectivity index (χ2n) is 3.82. The van der Waals surface area contributed by atoms with Crippen molar-refractivity contribution in [2.75, 3.05) is 18.0 Å². The van der Waals surface area contributed by atoms with E-state index in [1.54, 1.807) is 4.90 Å². The number of aromatic nitrogens is 1. The second-order valence-corrected chi connectivity index (χ2v) is 4.75. The summed E-state index contributed by atoms with van der Waals surface area (Å²) in [4.78, 5) is 5.84. The number of pyridine rings is 1. The van der Waals surface area contributed by atoms with Gasteiger partial charge in [-0.3, -0.25) is 0 Å². The molecule has 2 N–H and O–H groups in total. The van der Waals surface area contributed by atoms with Gasteiger partial charge in [-0.2, -0.15) is 13.2 Å². The zero-order valence-corrected chi connectivity index (χ0v) is 11.7. The van der Waals surface area contributed by atoms with E-state index in [1.807, 2.05) is 6.92 Å². The minimum absolute atomic E-state index is 0.0420. The lowest BCUT2D eigenvalue weighted by Crippen LogP contribution is -2.28. The topological polar surface area (TPSA) is 42.1 Å². The van der Waals surface area contributed by atoms with Crippen molar-refractivity contribution in [3.63, 3.8) is 0 Å². The Labute approximate surface area is 119 Å². The van der Waals surface area contributed by atoms with Crippen molar-refractivity contribution in [1.82, 2.24) is 4.98 Å². The summed E-state index contributed by atoms with van der Waals surface area (Å²) in [6, 6.07) is 0.868. The van der Waals surface area contributed by atoms with Crippen LogP contribution in [0.25, 0.3) is 0 Å². The lowest BCUT2D eigenvalue weighted by Gasteiger charge is -2.23. The van der Waals surface area contributed by atoms with Gasteiger partial charge >= 0.3 is 6.18 Å². The molecular weight excluding hydrogens is 299 g/mol. The minimum Gasteiger partial charge on any atom is -0.393 e. The Bertz CT molecular complexity index is 465. The first-order valence-electron chi connectivity index (χ1n) is 5.51. The van der Waals surface area contributed by atoms with Crippen LogP contribution in [0.2, 0.25) is 5.02 Å². The minimum atomic E-state index is -4.45. The van der Waals surface area contributed by atoms with Gasteiger partial charge in [-0.1, -0.05) is 23.8 Å². The fourth-order valence-electron chi connectivity index (χ4n) is 1.48. The van der Waals surface area contributed by atoms with Crippen molar-refractivity contribution >= 4 is 34.6 Å². The zero-order valence-electron chi connectivity index (χ0n) is 10.2. The first-order chi connectivity index (χ1) is 8.75. The van der Waals surface area contributed by atoms with E-state index in [1.165, 1.54) is 0 Å². The summed E-state index contributed by atoms with van der Waals surface area (Å²) in [7, 11) is 0. The van der Waals surface area contributed by atoms with Crippen LogP contribution in [-0.2, 0) is 6.18 Å². The van der Waals surface area contributed by atoms with Gasteiger partial charge in [-0.15, -0.1) is 0 Å². The summed E-state index contributed by atoms with van der Waals surface area (Å²) >= 11 is 10.6. The SMILES string of the molecule is CCN(CCC(N)=S)c1ncc(C(F)(F)F)cc1Cl. The fraction of sp³-hybridized carbons (Fsp3) is 0.455. The van der Waals surface area contributed by atoms with Gasteiger partial charge in [-0.05, 0) is 13.0 Å². The molecule has 0 fully saturated rings. The smallest absolute Gasteiger partial charge is 0.393 e. The van der Waals surface area contributed by atoms with Gasteiger partial charge < -0.3 is 10.6 Å². The van der Waals surface area contributed by atoms with Crippen LogP contribution in [0.3, 0.4) is 0 Å². The van der Waals surface area contributed by atoms with Gasteiger partial charge in [0.15, 0.2) is 0 Å². The van der Waals surface area contributed by atoms with Gasteiger partial charge in [-0.25, -0.2) is 4.98 Å². The van der Waals surface area contributed by atoms with E-state index in [2.05, 4.69) is 4.98 Å². The summed E-state index contributed by atoms with van der Waals surface area (Å²) in [5, 5.41) is -0.0420. The Hall–Kier alpha value is -1.08. The van der Waals surface area contributed by atoms with E-state index in [4.69, 9.17) is 29.6 Å². The number of anilines is 1. The quantitative estimate of drug-likeness (QED) is 0.848. The molecule has 0 amide bonds. The summed E-state index contributed by atoms with van der Waals surface area (Å²) in [5.41, 5.74) is 4.53. The number of thiocarbonyl (C=S) groups is 1. The molecule has 0 aliphatic carbocycles. The second kappa shape index (κ2) is 6.38. The van der Waals surface area contributed by atoms with Crippen LogP contribution in [0.1, 0.15) is 18.9 Å². The van der Waals surface area contributed by atoms with E-state index >= 15 is 0 Å². The van der Waals surface area contributed by atoms with Crippen LogP contribution in [0.5, 0.6) is 0 Å². The Morgan fingerprint density at radius 3 is 2.58 bits per heavy atom. The fourth-order valence-corrected chi connectivity index (χ4v) is 1.85. The molecule has 0 unspecified atom stereocenters. The van der Waals surface area contributed by atoms with Gasteiger partial charge in [0.05, 0.1) is 15.6 Å². The third-order valence-corrected chi connectivity index (χ3v) is 2.94. The Balaban J connectivity index is 2.96. The first-order valence-corrected chi connectivity index (χ1v) is 6.30. The van der Waals surface area contributed by atoms with Gasteiger partial charge in [0, 0.05) is 25.7 Å². The lowest BCUT2D eigenvalue weighted by atomic mass is 10.2. The predicted molar refractivity (Wildman–Crippen MR) is 73.5 cm³/mol. The molecule has 0 spiro atoms. The molecule has 19 heavy (non-hydrogen) atoms. The third-order valence-electron chi connectivity index (χ3n) is 2.46. The van der Waals surface area contributed by atoms with Crippen LogP contribution in [0.4, 0.5) is 19.0 Å². The highest BCUT2D eigenvalue weighted by atomic mass is 35.5. The van der Waals surface area contributed by atoms with Crippen molar-refractivity contribution in [3.8, 4) is 0 Å². The van der Waals surface area contributed by atoms with E-state index in [0.717, 1.165) is 12.3 Å². The highest BCUT2D eigenvalue weighted by Crippen LogP contribution is 2.33. The first kappa shape index (κ1) is 16.0. The van der Waals surface area contributed by atoms with Crippen LogP contribution < -0.4 is 10.6 Å². The number of alkyl halides is 3. The molecule has 0 aliphatic heterocycles. The number of nitrogens with two attached hydrogens (primary N) is 1. The van der Waals surface area contributed by atoms with Crippen molar-refractivity contribution in [2.24, 2.45) is 5.73 Å². The normalized spacial score (nSPS) is 11.4. The molecule has 1 heterocycles. The van der Waals surface area contributed by atoms with E-state index in [0.29, 0.717) is 30.3 Å². The average molecular weight is 312 g/mol. The van der Waals surface area contributed by atoms with Crippen molar-refractivity contribution in [1.29, 1.82) is 0 Å². The molecule has 0 aromatic carbocycles. The average Bonchev–Trinajstić information content (AvgIpc) is 2.29. The van der Waals surface area contributed by atoms with Crippen molar-refractivity contribution in [2.45, 2.75) is 19.5 Å². The van der Waals surface area contributed by atoms with Crippen LogP contribution >= 0.6 is 23.8 Å². The Morgan fingerprint density at radius 2 is 2.16 bits per heavy atom. The molecule has 1 rings (SSSR count). The molecule has 0 saturated carbocycles. The zero-order chi connectivity index (χ0) is 14.6. The molecule has 1 aromatic rings. The molecule has 0 saturated heterocycles. The lowest BCUT2D eigenvalue weighted by molar-refractivity contribution is -0.137. The van der Waals surface area contributed by atoms with Crippen LogP contribution in [-0.4, -0.2) is 23.1 Å². The maximum Gasteiger partial charge on any atom is 0.417 e. The molecule has 3 nitrogen and oxygen atoms in total. The van der Waals surface area contributed by atoms with E-state index in [-0.39, 0.29) is 5.02 Å². The number of halogens is 4. The molecule has 106 valence electrons. The number of rotatable bonds is 5. The number of nitrogens with zero attached hydrogens (tertiary/aromatic N) is 2. The Kier molecular flexibility index (Phi) is 5.37.